The van der Waals surface area contributed by atoms with Crippen LogP contribution in [0.25, 0.3) is 0 Å². The first-order valence-corrected chi connectivity index (χ1v) is 8.03. The van der Waals surface area contributed by atoms with Gasteiger partial charge in [-0.2, -0.15) is 0 Å². The van der Waals surface area contributed by atoms with Crippen molar-refractivity contribution in [1.82, 2.24) is 10.6 Å². The molecule has 2 saturated heterocycles. The number of hydrogen-bond donors (Lipinski definition) is 2. The summed E-state index contributed by atoms with van der Waals surface area (Å²) in [4.78, 5) is 13.9. The molecule has 0 radical (unpaired) electrons. The van der Waals surface area contributed by atoms with Crippen LogP contribution in [-0.2, 0) is 11.3 Å². The van der Waals surface area contributed by atoms with Gasteiger partial charge in [-0.05, 0) is 37.4 Å². The molecule has 2 N–H and O–H groups in total. The van der Waals surface area contributed by atoms with Crippen molar-refractivity contribution < 1.29 is 4.79 Å². The van der Waals surface area contributed by atoms with Gasteiger partial charge in [-0.1, -0.05) is 23.7 Å². The highest BCUT2D eigenvalue weighted by Gasteiger charge is 2.34. The van der Waals surface area contributed by atoms with Gasteiger partial charge < -0.3 is 15.5 Å². The van der Waals surface area contributed by atoms with Gasteiger partial charge in [0.1, 0.15) is 0 Å². The van der Waals surface area contributed by atoms with Crippen LogP contribution in [0.15, 0.2) is 18.2 Å². The Balaban J connectivity index is 1.81. The van der Waals surface area contributed by atoms with Gasteiger partial charge in [-0.15, -0.1) is 0 Å². The van der Waals surface area contributed by atoms with Crippen LogP contribution in [0.3, 0.4) is 0 Å². The largest absolute Gasteiger partial charge is 0.370 e. The van der Waals surface area contributed by atoms with Crippen LogP contribution >= 0.6 is 11.6 Å². The summed E-state index contributed by atoms with van der Waals surface area (Å²) in [7, 11) is 1.95. The second kappa shape index (κ2) is 6.24. The lowest BCUT2D eigenvalue weighted by Crippen LogP contribution is -2.54. The van der Waals surface area contributed by atoms with Crippen LogP contribution in [-0.4, -0.2) is 32.1 Å². The predicted octanol–water partition coefficient (Wildman–Crippen LogP) is 2.16. The number of halogens is 1. The third-order valence-electron chi connectivity index (χ3n) is 4.58. The van der Waals surface area contributed by atoms with Crippen LogP contribution in [0.5, 0.6) is 0 Å². The molecule has 0 aliphatic carbocycles. The van der Waals surface area contributed by atoms with Gasteiger partial charge in [0.25, 0.3) is 0 Å². The van der Waals surface area contributed by atoms with Crippen LogP contribution in [0.4, 0.5) is 5.69 Å². The van der Waals surface area contributed by atoms with Crippen LogP contribution in [0, 0.1) is 5.92 Å². The molecule has 2 atom stereocenters. The summed E-state index contributed by atoms with van der Waals surface area (Å²) in [6.07, 6.45) is 2.64. The van der Waals surface area contributed by atoms with Gasteiger partial charge in [0.15, 0.2) is 0 Å². The maximum absolute atomic E-state index is 11.5. The number of rotatable bonds is 3. The van der Waals surface area contributed by atoms with Gasteiger partial charge in [-0.25, -0.2) is 0 Å². The first-order chi connectivity index (χ1) is 10.2. The van der Waals surface area contributed by atoms with Crippen molar-refractivity contribution in [3.8, 4) is 0 Å². The molecule has 1 amide bonds. The van der Waals surface area contributed by atoms with E-state index in [9.17, 15) is 4.79 Å². The molecule has 1 aromatic carbocycles. The van der Waals surface area contributed by atoms with Crippen molar-refractivity contribution >= 4 is 23.2 Å². The van der Waals surface area contributed by atoms with Gasteiger partial charge in [0, 0.05) is 32.1 Å². The molecule has 3 rings (SSSR count). The standard InChI is InChI=1S/C16H22ClN3O/c1-18-9-11-3-2-4-13(17)16(11)20-8-7-14-12(10-20)5-6-15(21)19-14/h2-4,12,14,18H,5-10H2,1H3,(H,19,21). The number of carbonyl (C=O) groups excluding carboxylic acids is 1. The lowest BCUT2D eigenvalue weighted by atomic mass is 9.85. The molecule has 0 aromatic heterocycles. The first-order valence-electron chi connectivity index (χ1n) is 7.65. The fourth-order valence-electron chi connectivity index (χ4n) is 3.56. The van der Waals surface area contributed by atoms with Crippen LogP contribution < -0.4 is 15.5 Å². The second-order valence-electron chi connectivity index (χ2n) is 5.99. The molecule has 0 bridgehead atoms. The van der Waals surface area contributed by atoms with Crippen molar-refractivity contribution in [3.63, 3.8) is 0 Å². The molecule has 2 fully saturated rings. The smallest absolute Gasteiger partial charge is 0.220 e. The van der Waals surface area contributed by atoms with Crippen molar-refractivity contribution in [2.75, 3.05) is 25.0 Å². The average Bonchev–Trinajstić information content (AvgIpc) is 2.47. The topological polar surface area (TPSA) is 44.4 Å². The molecule has 1 aromatic rings. The van der Waals surface area contributed by atoms with E-state index >= 15 is 0 Å². The monoisotopic (exact) mass is 307 g/mol. The SMILES string of the molecule is CNCc1cccc(Cl)c1N1CCC2NC(=O)CCC2C1. The molecular weight excluding hydrogens is 286 g/mol. The Kier molecular flexibility index (Phi) is 4.36. The van der Waals surface area contributed by atoms with Crippen molar-refractivity contribution in [2.45, 2.75) is 31.8 Å². The molecule has 4 nitrogen and oxygen atoms in total. The van der Waals surface area contributed by atoms with E-state index in [1.165, 1.54) is 5.56 Å². The third kappa shape index (κ3) is 3.01. The van der Waals surface area contributed by atoms with Crippen molar-refractivity contribution in [2.24, 2.45) is 5.92 Å². The third-order valence-corrected chi connectivity index (χ3v) is 4.88. The number of hydrogen-bond acceptors (Lipinski definition) is 3. The summed E-state index contributed by atoms with van der Waals surface area (Å²) in [6.45, 7) is 2.74. The van der Waals surface area contributed by atoms with Gasteiger partial charge in [-0.3, -0.25) is 4.79 Å². The summed E-state index contributed by atoms with van der Waals surface area (Å²) < 4.78 is 0. The fourth-order valence-corrected chi connectivity index (χ4v) is 3.87. The van der Waals surface area contributed by atoms with Gasteiger partial charge in [0.05, 0.1) is 10.7 Å². The van der Waals surface area contributed by atoms with E-state index in [1.807, 2.05) is 19.2 Å². The maximum Gasteiger partial charge on any atom is 0.220 e. The average molecular weight is 308 g/mol. The van der Waals surface area contributed by atoms with Gasteiger partial charge in [0.2, 0.25) is 5.91 Å². The highest BCUT2D eigenvalue weighted by atomic mass is 35.5. The highest BCUT2D eigenvalue weighted by Crippen LogP contribution is 2.35. The zero-order valence-electron chi connectivity index (χ0n) is 12.4. The number of nitrogens with one attached hydrogen (secondary N) is 2. The normalized spacial score (nSPS) is 25.4. The molecule has 0 saturated carbocycles. The summed E-state index contributed by atoms with van der Waals surface area (Å²) in [6, 6.07) is 6.45. The van der Waals surface area contributed by atoms with E-state index < -0.39 is 0 Å². The molecule has 2 aliphatic rings. The number of anilines is 1. The minimum absolute atomic E-state index is 0.207. The molecule has 114 valence electrons. The zero-order valence-corrected chi connectivity index (χ0v) is 13.1. The molecule has 2 heterocycles. The predicted molar refractivity (Wildman–Crippen MR) is 85.7 cm³/mol. The van der Waals surface area contributed by atoms with E-state index in [0.29, 0.717) is 18.4 Å². The van der Waals surface area contributed by atoms with Gasteiger partial charge >= 0.3 is 0 Å². The molecule has 5 heteroatoms. The Hall–Kier alpha value is -1.26. The lowest BCUT2D eigenvalue weighted by molar-refractivity contribution is -0.124. The van der Waals surface area contributed by atoms with Crippen LogP contribution in [0.2, 0.25) is 5.02 Å². The summed E-state index contributed by atoms with van der Waals surface area (Å²) in [5.41, 5.74) is 2.40. The highest BCUT2D eigenvalue weighted by molar-refractivity contribution is 6.33. The molecule has 21 heavy (non-hydrogen) atoms. The molecule has 2 aliphatic heterocycles. The van der Waals surface area contributed by atoms with E-state index in [-0.39, 0.29) is 5.91 Å². The maximum atomic E-state index is 11.5. The van der Waals surface area contributed by atoms with E-state index in [1.54, 1.807) is 0 Å². The summed E-state index contributed by atoms with van der Waals surface area (Å²) in [5, 5.41) is 7.16. The number of amides is 1. The Morgan fingerprint density at radius 3 is 3.10 bits per heavy atom. The number of fused-ring (bicyclic) bond motifs is 1. The second-order valence-corrected chi connectivity index (χ2v) is 6.39. The number of benzene rings is 1. The Morgan fingerprint density at radius 1 is 1.43 bits per heavy atom. The number of piperidine rings is 2. The Bertz CT molecular complexity index is 534. The summed E-state index contributed by atoms with van der Waals surface area (Å²) in [5.74, 6) is 0.744. The quantitative estimate of drug-likeness (QED) is 0.899. The number of para-hydroxylation sites is 1. The Labute approximate surface area is 130 Å². The van der Waals surface area contributed by atoms with Crippen molar-refractivity contribution in [1.29, 1.82) is 0 Å². The number of carbonyl (C=O) groups is 1. The molecule has 2 unspecified atom stereocenters. The fraction of sp³-hybridized carbons (Fsp3) is 0.562. The first kappa shape index (κ1) is 14.7. The molecular formula is C16H22ClN3O. The minimum atomic E-state index is 0.207. The lowest BCUT2D eigenvalue weighted by Gasteiger charge is -2.43. The molecule has 0 spiro atoms. The number of nitrogens with zero attached hydrogens (tertiary/aromatic N) is 1. The van der Waals surface area contributed by atoms with E-state index in [2.05, 4.69) is 21.6 Å². The minimum Gasteiger partial charge on any atom is -0.370 e. The zero-order chi connectivity index (χ0) is 14.8. The Morgan fingerprint density at radius 2 is 2.29 bits per heavy atom. The van der Waals surface area contributed by atoms with E-state index in [4.69, 9.17) is 11.6 Å². The summed E-state index contributed by atoms with van der Waals surface area (Å²) >= 11 is 6.46. The van der Waals surface area contributed by atoms with Crippen molar-refractivity contribution in [3.05, 3.63) is 28.8 Å². The van der Waals surface area contributed by atoms with Crippen LogP contribution in [0.1, 0.15) is 24.8 Å². The van der Waals surface area contributed by atoms with E-state index in [0.717, 1.165) is 43.2 Å².